The molecular weight excluding hydrogens is 460 g/mol. The lowest BCUT2D eigenvalue weighted by Gasteiger charge is -2.25. The molecule has 0 saturated carbocycles. The van der Waals surface area contributed by atoms with Crippen molar-refractivity contribution in [3.8, 4) is 34.5 Å². The summed E-state index contributed by atoms with van der Waals surface area (Å²) in [4.78, 5) is 36.5. The van der Waals surface area contributed by atoms with Crippen LogP contribution in [0.25, 0.3) is 34.1 Å². The van der Waals surface area contributed by atoms with Crippen LogP contribution in [0.3, 0.4) is 0 Å². The Kier molecular flexibility index (Phi) is 5.32. The quantitative estimate of drug-likeness (QED) is 0.400. The van der Waals surface area contributed by atoms with Crippen molar-refractivity contribution in [3.05, 3.63) is 54.6 Å². The maximum Gasteiger partial charge on any atom is 0.223 e. The molecule has 0 radical (unpaired) electrons. The number of benzene rings is 1. The molecule has 1 aliphatic rings. The van der Waals surface area contributed by atoms with Crippen LogP contribution in [-0.4, -0.2) is 62.5 Å². The summed E-state index contributed by atoms with van der Waals surface area (Å²) in [6, 6.07) is 7.38. The molecule has 180 valence electrons. The van der Waals surface area contributed by atoms with Crippen LogP contribution in [0, 0.1) is 0 Å². The third kappa shape index (κ3) is 4.02. The van der Waals surface area contributed by atoms with E-state index in [1.54, 1.807) is 50.9 Å². The van der Waals surface area contributed by atoms with Gasteiger partial charge in [-0.1, -0.05) is 0 Å². The van der Waals surface area contributed by atoms with Gasteiger partial charge in [0.1, 0.15) is 22.9 Å². The predicted octanol–water partition coefficient (Wildman–Crippen LogP) is 3.08. The topological polar surface area (TPSA) is 140 Å². The average molecular weight is 483 g/mol. The number of rotatable bonds is 5. The maximum absolute atomic E-state index is 12.3. The molecule has 6 rings (SSSR count). The van der Waals surface area contributed by atoms with E-state index >= 15 is 0 Å². The molecule has 0 spiro atoms. The van der Waals surface area contributed by atoms with Crippen molar-refractivity contribution in [2.45, 2.75) is 25.8 Å². The van der Waals surface area contributed by atoms with Gasteiger partial charge in [0.25, 0.3) is 0 Å². The number of aromatic amines is 1. The number of H-pyrrole nitrogens is 1. The number of aryl methyl sites for hydroxylation is 1. The average Bonchev–Trinajstić information content (AvgIpc) is 3.64. The van der Waals surface area contributed by atoms with E-state index in [9.17, 15) is 4.79 Å². The van der Waals surface area contributed by atoms with Gasteiger partial charge < -0.3 is 14.6 Å². The third-order valence-corrected chi connectivity index (χ3v) is 6.14. The van der Waals surface area contributed by atoms with Crippen LogP contribution in [0.15, 0.2) is 49.1 Å². The number of hydrogen-bond donors (Lipinski definition) is 1. The minimum absolute atomic E-state index is 0.0379. The number of fused-ring (bicyclic) bond motifs is 1. The molecule has 12 nitrogen and oxygen atoms in total. The van der Waals surface area contributed by atoms with Gasteiger partial charge in [-0.25, -0.2) is 15.0 Å². The van der Waals surface area contributed by atoms with Gasteiger partial charge in [0.05, 0.1) is 36.5 Å². The van der Waals surface area contributed by atoms with Gasteiger partial charge in [-0.3, -0.25) is 9.78 Å². The summed E-state index contributed by atoms with van der Waals surface area (Å²) in [5.74, 6) is 2.24. The molecule has 5 heterocycles. The number of imidazole rings is 1. The Balaban J connectivity index is 1.40. The first-order valence-corrected chi connectivity index (χ1v) is 11.5. The second-order valence-electron chi connectivity index (χ2n) is 8.54. The summed E-state index contributed by atoms with van der Waals surface area (Å²) in [6.45, 7) is 2.32. The van der Waals surface area contributed by atoms with E-state index in [1.165, 1.54) is 4.80 Å². The Hall–Kier alpha value is -4.74. The minimum atomic E-state index is -0.0961. The summed E-state index contributed by atoms with van der Waals surface area (Å²) in [5.41, 5.74) is 3.68. The first kappa shape index (κ1) is 21.8. The van der Waals surface area contributed by atoms with Crippen LogP contribution in [0.2, 0.25) is 0 Å². The molecule has 1 aliphatic heterocycles. The summed E-state index contributed by atoms with van der Waals surface area (Å²) >= 11 is 0. The number of carbonyl (C=O) groups excluding carboxylic acids is 1. The number of pyridine rings is 1. The van der Waals surface area contributed by atoms with E-state index in [0.29, 0.717) is 41.1 Å². The van der Waals surface area contributed by atoms with Crippen LogP contribution >= 0.6 is 0 Å². The molecule has 1 aromatic carbocycles. The van der Waals surface area contributed by atoms with Crippen molar-refractivity contribution >= 4 is 16.9 Å². The lowest BCUT2D eigenvalue weighted by atomic mass is 10.0. The minimum Gasteiger partial charge on any atom is -0.455 e. The van der Waals surface area contributed by atoms with Crippen LogP contribution < -0.4 is 4.74 Å². The molecule has 0 bridgehead atoms. The fraction of sp³-hybridized carbons (Fsp3) is 0.250. The highest BCUT2D eigenvalue weighted by atomic mass is 16.5. The van der Waals surface area contributed by atoms with Crippen molar-refractivity contribution in [2.24, 2.45) is 7.05 Å². The molecule has 1 fully saturated rings. The number of nitrogens with zero attached hydrogens (tertiary/aromatic N) is 9. The Labute approximate surface area is 205 Å². The van der Waals surface area contributed by atoms with Crippen molar-refractivity contribution < 1.29 is 9.53 Å². The molecule has 4 aromatic heterocycles. The fourth-order valence-electron chi connectivity index (χ4n) is 4.50. The molecule has 5 aromatic rings. The molecule has 0 aliphatic carbocycles. The summed E-state index contributed by atoms with van der Waals surface area (Å²) in [6.07, 6.45) is 8.29. The third-order valence-electron chi connectivity index (χ3n) is 6.14. The number of amides is 1. The van der Waals surface area contributed by atoms with E-state index in [4.69, 9.17) is 9.72 Å². The molecule has 1 saturated heterocycles. The van der Waals surface area contributed by atoms with Crippen LogP contribution in [-0.2, 0) is 11.8 Å². The highest BCUT2D eigenvalue weighted by molar-refractivity contribution is 5.82. The van der Waals surface area contributed by atoms with E-state index in [1.807, 2.05) is 17.0 Å². The monoisotopic (exact) mass is 482 g/mol. The molecule has 1 unspecified atom stereocenters. The summed E-state index contributed by atoms with van der Waals surface area (Å²) < 4.78 is 6.33. The Morgan fingerprint density at radius 2 is 2.06 bits per heavy atom. The maximum atomic E-state index is 12.3. The van der Waals surface area contributed by atoms with Gasteiger partial charge in [0.2, 0.25) is 11.7 Å². The second kappa shape index (κ2) is 8.80. The van der Waals surface area contributed by atoms with E-state index < -0.39 is 0 Å². The van der Waals surface area contributed by atoms with Crippen LogP contribution in [0.5, 0.6) is 11.5 Å². The SMILES string of the molecule is CC(=O)N1CCCC1c1cc2[nH]c(-c3cnccn3)nc2cc1Oc1ccc(-c2nnn(C)n2)nc1. The van der Waals surface area contributed by atoms with Gasteiger partial charge in [-0.2, -0.15) is 4.80 Å². The van der Waals surface area contributed by atoms with E-state index in [0.717, 1.165) is 29.4 Å². The number of ether oxygens (including phenoxy) is 1. The second-order valence-corrected chi connectivity index (χ2v) is 8.54. The standard InChI is InChI=1S/C24H22N10O2/c1-14(35)34-9-3-4-21(34)16-10-18-19(29-23(28-18)20-13-25-7-8-26-20)11-22(16)36-15-5-6-17(27-12-15)24-30-32-33(2)31-24/h5-8,10-13,21H,3-4,9H2,1-2H3,(H,28,29). The Morgan fingerprint density at radius 1 is 1.14 bits per heavy atom. The fourth-order valence-corrected chi connectivity index (χ4v) is 4.50. The van der Waals surface area contributed by atoms with Gasteiger partial charge >= 0.3 is 0 Å². The van der Waals surface area contributed by atoms with Crippen molar-refractivity contribution in [3.63, 3.8) is 0 Å². The molecule has 12 heteroatoms. The number of tetrazole rings is 1. The largest absolute Gasteiger partial charge is 0.455 e. The van der Waals surface area contributed by atoms with Gasteiger partial charge in [0, 0.05) is 37.5 Å². The zero-order chi connectivity index (χ0) is 24.6. The zero-order valence-corrected chi connectivity index (χ0v) is 19.7. The lowest BCUT2D eigenvalue weighted by Crippen LogP contribution is -2.28. The summed E-state index contributed by atoms with van der Waals surface area (Å²) in [7, 11) is 1.70. The van der Waals surface area contributed by atoms with Gasteiger partial charge in [0.15, 0.2) is 5.82 Å². The van der Waals surface area contributed by atoms with Crippen LogP contribution in [0.1, 0.15) is 31.4 Å². The van der Waals surface area contributed by atoms with E-state index in [-0.39, 0.29) is 11.9 Å². The molecule has 1 atom stereocenters. The van der Waals surface area contributed by atoms with Crippen molar-refractivity contribution in [2.75, 3.05) is 6.54 Å². The highest BCUT2D eigenvalue weighted by Crippen LogP contribution is 2.41. The van der Waals surface area contributed by atoms with Crippen LogP contribution in [0.4, 0.5) is 0 Å². The molecule has 1 amide bonds. The molecule has 1 N–H and O–H groups in total. The number of carbonyl (C=O) groups is 1. The van der Waals surface area contributed by atoms with Gasteiger partial charge in [-0.15, -0.1) is 10.2 Å². The first-order valence-electron chi connectivity index (χ1n) is 11.5. The number of aromatic nitrogens is 9. The van der Waals surface area contributed by atoms with Crippen molar-refractivity contribution in [1.82, 2.24) is 50.0 Å². The smallest absolute Gasteiger partial charge is 0.223 e. The highest BCUT2D eigenvalue weighted by Gasteiger charge is 2.31. The lowest BCUT2D eigenvalue weighted by molar-refractivity contribution is -0.129. The number of nitrogens with one attached hydrogen (secondary N) is 1. The Morgan fingerprint density at radius 3 is 2.78 bits per heavy atom. The zero-order valence-electron chi connectivity index (χ0n) is 19.7. The van der Waals surface area contributed by atoms with E-state index in [2.05, 4.69) is 35.3 Å². The molecular formula is C24H22N10O2. The Bertz CT molecular complexity index is 1540. The summed E-state index contributed by atoms with van der Waals surface area (Å²) in [5, 5.41) is 12.0. The van der Waals surface area contributed by atoms with Crippen molar-refractivity contribution in [1.29, 1.82) is 0 Å². The first-order chi connectivity index (χ1) is 17.5. The predicted molar refractivity (Wildman–Crippen MR) is 129 cm³/mol. The molecule has 36 heavy (non-hydrogen) atoms. The number of likely N-dealkylation sites (tertiary alicyclic amines) is 1. The number of hydrogen-bond acceptors (Lipinski definition) is 9. The normalized spacial score (nSPS) is 15.5. The van der Waals surface area contributed by atoms with Gasteiger partial charge in [-0.05, 0) is 36.3 Å².